The largest absolute Gasteiger partial charge is 0.481 e. The molecule has 0 aliphatic heterocycles. The highest BCUT2D eigenvalue weighted by Crippen LogP contribution is 2.45. The van der Waals surface area contributed by atoms with E-state index in [9.17, 15) is 14.4 Å². The minimum atomic E-state index is -0.902. The van der Waals surface area contributed by atoms with Gasteiger partial charge < -0.3 is 15.4 Å². The lowest BCUT2D eigenvalue weighted by Crippen LogP contribution is -2.36. The van der Waals surface area contributed by atoms with Gasteiger partial charge in [-0.15, -0.1) is 0 Å². The van der Waals surface area contributed by atoms with Crippen LogP contribution in [0.1, 0.15) is 28.9 Å². The van der Waals surface area contributed by atoms with Crippen LogP contribution in [0.5, 0.6) is 0 Å². The van der Waals surface area contributed by atoms with Gasteiger partial charge in [0.1, 0.15) is 5.56 Å². The van der Waals surface area contributed by atoms with Gasteiger partial charge in [0.25, 0.3) is 11.5 Å². The van der Waals surface area contributed by atoms with Crippen molar-refractivity contribution in [1.29, 1.82) is 0 Å². The second-order valence-electron chi connectivity index (χ2n) is 4.65. The summed E-state index contributed by atoms with van der Waals surface area (Å²) in [6.45, 7) is 1.78. The molecule has 1 saturated carbocycles. The maximum atomic E-state index is 11.7. The lowest BCUT2D eigenvalue weighted by molar-refractivity contribution is -0.143. The normalized spacial score (nSPS) is 16.1. The maximum absolute atomic E-state index is 11.7. The fourth-order valence-corrected chi connectivity index (χ4v) is 1.71. The van der Waals surface area contributed by atoms with Crippen LogP contribution >= 0.6 is 0 Å². The minimum Gasteiger partial charge on any atom is -0.481 e. The lowest BCUT2D eigenvalue weighted by Gasteiger charge is -2.10. The van der Waals surface area contributed by atoms with E-state index in [1.165, 1.54) is 6.07 Å². The van der Waals surface area contributed by atoms with Crippen molar-refractivity contribution < 1.29 is 14.7 Å². The van der Waals surface area contributed by atoms with Gasteiger partial charge in [-0.05, 0) is 31.9 Å². The Morgan fingerprint density at radius 3 is 2.61 bits per heavy atom. The van der Waals surface area contributed by atoms with Crippen LogP contribution < -0.4 is 10.9 Å². The van der Waals surface area contributed by atoms with Crippen molar-refractivity contribution in [2.24, 2.45) is 5.41 Å². The van der Waals surface area contributed by atoms with Crippen LogP contribution in [-0.2, 0) is 4.79 Å². The molecule has 6 nitrogen and oxygen atoms in total. The second-order valence-corrected chi connectivity index (χ2v) is 4.65. The molecule has 0 saturated heterocycles. The number of aromatic nitrogens is 1. The number of hydrogen-bond acceptors (Lipinski definition) is 3. The molecule has 2 rings (SSSR count). The van der Waals surface area contributed by atoms with E-state index < -0.39 is 22.9 Å². The summed E-state index contributed by atoms with van der Waals surface area (Å²) >= 11 is 0. The van der Waals surface area contributed by atoms with Crippen molar-refractivity contribution in [2.75, 3.05) is 6.54 Å². The molecule has 0 spiro atoms. The molecule has 0 bridgehead atoms. The number of aliphatic carboxylic acids is 1. The summed E-state index contributed by atoms with van der Waals surface area (Å²) in [6.07, 6.45) is 1.12. The SMILES string of the molecule is Cc1ccc(C(=O)NCC2(C(=O)O)CC2)c(=O)[nH]1. The Labute approximate surface area is 103 Å². The van der Waals surface area contributed by atoms with E-state index in [0.717, 1.165) is 0 Å². The molecule has 1 aromatic heterocycles. The Hall–Kier alpha value is -2.11. The highest BCUT2D eigenvalue weighted by Gasteiger charge is 2.50. The number of rotatable bonds is 4. The van der Waals surface area contributed by atoms with Crippen molar-refractivity contribution >= 4 is 11.9 Å². The zero-order valence-corrected chi connectivity index (χ0v) is 9.95. The number of hydrogen-bond donors (Lipinski definition) is 3. The molecule has 0 atom stereocenters. The summed E-state index contributed by atoms with van der Waals surface area (Å²) in [7, 11) is 0. The summed E-state index contributed by atoms with van der Waals surface area (Å²) in [6, 6.07) is 3.06. The van der Waals surface area contributed by atoms with E-state index in [1.54, 1.807) is 13.0 Å². The Balaban J connectivity index is 2.05. The molecule has 6 heteroatoms. The number of nitrogens with one attached hydrogen (secondary N) is 2. The van der Waals surface area contributed by atoms with E-state index in [2.05, 4.69) is 10.3 Å². The highest BCUT2D eigenvalue weighted by molar-refractivity contribution is 5.94. The van der Waals surface area contributed by atoms with Crippen LogP contribution in [0.15, 0.2) is 16.9 Å². The number of carbonyl (C=O) groups excluding carboxylic acids is 1. The van der Waals surface area contributed by atoms with Crippen molar-refractivity contribution in [3.63, 3.8) is 0 Å². The number of carboxylic acid groups (broad SMARTS) is 1. The summed E-state index contributed by atoms with van der Waals surface area (Å²) in [5.41, 5.74) is -0.622. The molecule has 1 amide bonds. The van der Waals surface area contributed by atoms with Gasteiger partial charge >= 0.3 is 5.97 Å². The quantitative estimate of drug-likeness (QED) is 0.714. The zero-order chi connectivity index (χ0) is 13.3. The fourth-order valence-electron chi connectivity index (χ4n) is 1.71. The van der Waals surface area contributed by atoms with Gasteiger partial charge in [0.2, 0.25) is 0 Å². The standard InChI is InChI=1S/C12H14N2O4/c1-7-2-3-8(10(16)14-7)9(15)13-6-12(4-5-12)11(17)18/h2-3H,4-6H2,1H3,(H,13,15)(H,14,16)(H,17,18). The number of carboxylic acids is 1. The first-order chi connectivity index (χ1) is 8.44. The smallest absolute Gasteiger partial charge is 0.311 e. The van der Waals surface area contributed by atoms with Gasteiger partial charge in [0.15, 0.2) is 0 Å². The molecular formula is C12H14N2O4. The van der Waals surface area contributed by atoms with Crippen LogP contribution in [0.4, 0.5) is 0 Å². The van der Waals surface area contributed by atoms with Crippen molar-refractivity contribution in [2.45, 2.75) is 19.8 Å². The van der Waals surface area contributed by atoms with Gasteiger partial charge in [0, 0.05) is 12.2 Å². The topological polar surface area (TPSA) is 99.3 Å². The number of amides is 1. The first-order valence-corrected chi connectivity index (χ1v) is 5.66. The average Bonchev–Trinajstić information content (AvgIpc) is 3.07. The zero-order valence-electron chi connectivity index (χ0n) is 9.95. The third kappa shape index (κ3) is 2.27. The van der Waals surface area contributed by atoms with Crippen molar-refractivity contribution in [1.82, 2.24) is 10.3 Å². The molecule has 1 aliphatic rings. The Bertz CT molecular complexity index is 557. The summed E-state index contributed by atoms with van der Waals surface area (Å²) in [4.78, 5) is 36.7. The van der Waals surface area contributed by atoms with E-state index in [-0.39, 0.29) is 12.1 Å². The molecule has 1 aliphatic carbocycles. The molecule has 3 N–H and O–H groups in total. The highest BCUT2D eigenvalue weighted by atomic mass is 16.4. The third-order valence-corrected chi connectivity index (χ3v) is 3.19. The summed E-state index contributed by atoms with van der Waals surface area (Å²) < 4.78 is 0. The van der Waals surface area contributed by atoms with Crippen molar-refractivity contribution in [3.8, 4) is 0 Å². The Morgan fingerprint density at radius 1 is 1.44 bits per heavy atom. The molecule has 96 valence electrons. The first-order valence-electron chi connectivity index (χ1n) is 5.66. The van der Waals surface area contributed by atoms with Crippen LogP contribution in [0.3, 0.4) is 0 Å². The number of pyridine rings is 1. The molecule has 1 aromatic rings. The monoisotopic (exact) mass is 250 g/mol. The average molecular weight is 250 g/mol. The van der Waals surface area contributed by atoms with Crippen molar-refractivity contribution in [3.05, 3.63) is 33.7 Å². The van der Waals surface area contributed by atoms with Crippen LogP contribution in [-0.4, -0.2) is 28.5 Å². The van der Waals surface area contributed by atoms with E-state index >= 15 is 0 Å². The van der Waals surface area contributed by atoms with Gasteiger partial charge in [-0.25, -0.2) is 0 Å². The second kappa shape index (κ2) is 4.29. The Morgan fingerprint density at radius 2 is 2.11 bits per heavy atom. The summed E-state index contributed by atoms with van der Waals surface area (Å²) in [5.74, 6) is -1.44. The molecule has 0 aromatic carbocycles. The molecular weight excluding hydrogens is 236 g/mol. The number of aromatic amines is 1. The number of carbonyl (C=O) groups is 2. The Kier molecular flexibility index (Phi) is 2.94. The predicted molar refractivity (Wildman–Crippen MR) is 63.4 cm³/mol. The summed E-state index contributed by atoms with van der Waals surface area (Å²) in [5, 5.41) is 11.5. The molecule has 18 heavy (non-hydrogen) atoms. The molecule has 0 unspecified atom stereocenters. The molecule has 0 radical (unpaired) electrons. The lowest BCUT2D eigenvalue weighted by atomic mass is 10.1. The predicted octanol–water partition coefficient (Wildman–Crippen LogP) is 0.278. The first kappa shape index (κ1) is 12.3. The molecule has 1 heterocycles. The van der Waals surface area contributed by atoms with Crippen LogP contribution in [0.25, 0.3) is 0 Å². The minimum absolute atomic E-state index is 0.00166. The van der Waals surface area contributed by atoms with E-state index in [0.29, 0.717) is 18.5 Å². The van der Waals surface area contributed by atoms with Gasteiger partial charge in [0.05, 0.1) is 5.41 Å². The van der Waals surface area contributed by atoms with Gasteiger partial charge in [-0.3, -0.25) is 14.4 Å². The van der Waals surface area contributed by atoms with Gasteiger partial charge in [-0.1, -0.05) is 0 Å². The van der Waals surface area contributed by atoms with Crippen LogP contribution in [0.2, 0.25) is 0 Å². The number of H-pyrrole nitrogens is 1. The maximum Gasteiger partial charge on any atom is 0.311 e. The molecule has 1 fully saturated rings. The number of aryl methyl sites for hydroxylation is 1. The fraction of sp³-hybridized carbons (Fsp3) is 0.417. The van der Waals surface area contributed by atoms with E-state index in [4.69, 9.17) is 5.11 Å². The third-order valence-electron chi connectivity index (χ3n) is 3.19. The van der Waals surface area contributed by atoms with Crippen LogP contribution in [0, 0.1) is 12.3 Å². The van der Waals surface area contributed by atoms with E-state index in [1.807, 2.05) is 0 Å². The van der Waals surface area contributed by atoms with Gasteiger partial charge in [-0.2, -0.15) is 0 Å².